The Hall–Kier alpha value is -2.36. The van der Waals surface area contributed by atoms with Crippen LogP contribution in [-0.4, -0.2) is 25.0 Å². The maximum atomic E-state index is 12.3. The first kappa shape index (κ1) is 25.9. The van der Waals surface area contributed by atoms with Crippen LogP contribution in [-0.2, 0) is 23.0 Å². The number of aryl methyl sites for hydroxylation is 1. The van der Waals surface area contributed by atoms with Crippen molar-refractivity contribution in [1.29, 1.82) is 0 Å². The summed E-state index contributed by atoms with van der Waals surface area (Å²) in [5.41, 5.74) is 2.56. The highest BCUT2D eigenvalue weighted by Gasteiger charge is 2.13. The molecule has 0 aliphatic rings. The molecule has 0 fully saturated rings. The molecule has 0 atom stereocenters. The van der Waals surface area contributed by atoms with Gasteiger partial charge in [-0.1, -0.05) is 47.5 Å². The van der Waals surface area contributed by atoms with Gasteiger partial charge < -0.3 is 39.3 Å². The molecule has 168 valence electrons. The second-order valence-electron chi connectivity index (χ2n) is 6.79. The van der Waals surface area contributed by atoms with Crippen molar-refractivity contribution < 1.29 is 42.9 Å². The Kier molecular flexibility index (Phi) is 10.2. The van der Waals surface area contributed by atoms with E-state index >= 15 is 0 Å². The summed E-state index contributed by atoms with van der Waals surface area (Å²) in [7, 11) is 1.84. The molecule has 1 heterocycles. The number of para-hydroxylation sites is 2. The number of hydrogen-bond donors (Lipinski definition) is 2. The number of rotatable bonds is 8. The van der Waals surface area contributed by atoms with Gasteiger partial charge in [-0.3, -0.25) is 9.59 Å². The van der Waals surface area contributed by atoms with E-state index in [2.05, 4.69) is 10.6 Å². The van der Waals surface area contributed by atoms with Crippen molar-refractivity contribution in [3.8, 4) is 0 Å². The van der Waals surface area contributed by atoms with Gasteiger partial charge in [-0.05, 0) is 29.8 Å². The van der Waals surface area contributed by atoms with Crippen LogP contribution < -0.4 is 39.2 Å². The lowest BCUT2D eigenvalue weighted by atomic mass is 10.1. The van der Waals surface area contributed by atoms with Crippen LogP contribution in [0.2, 0.25) is 10.0 Å². The molecule has 0 aliphatic heterocycles. The zero-order chi connectivity index (χ0) is 22.2. The van der Waals surface area contributed by atoms with Gasteiger partial charge >= 0.3 is 5.97 Å². The van der Waals surface area contributed by atoms with E-state index in [1.54, 1.807) is 41.1 Å². The zero-order valence-electron chi connectivity index (χ0n) is 17.3. The first-order valence-corrected chi connectivity index (χ1v) is 10.4. The molecule has 9 heteroatoms. The van der Waals surface area contributed by atoms with Gasteiger partial charge in [0, 0.05) is 11.8 Å². The Labute approximate surface area is 213 Å². The maximum Gasteiger partial charge on any atom is 0.310 e. The van der Waals surface area contributed by atoms with Gasteiger partial charge in [0.05, 0.1) is 28.7 Å². The smallest absolute Gasteiger partial charge is 0.310 e. The van der Waals surface area contributed by atoms with E-state index in [0.717, 1.165) is 5.56 Å². The molecule has 3 rings (SSSR count). The highest BCUT2D eigenvalue weighted by molar-refractivity contribution is 6.39. The molecule has 6 nitrogen and oxygen atoms in total. The van der Waals surface area contributed by atoms with Crippen LogP contribution in [0.15, 0.2) is 67.0 Å². The lowest BCUT2D eigenvalue weighted by Gasteiger charge is -2.14. The molecule has 0 bridgehead atoms. The van der Waals surface area contributed by atoms with Crippen LogP contribution in [0.5, 0.6) is 0 Å². The summed E-state index contributed by atoms with van der Waals surface area (Å²) < 4.78 is 7.06. The number of benzene rings is 2. The molecule has 3 aromatic rings. The third kappa shape index (κ3) is 7.36. The number of anilines is 2. The van der Waals surface area contributed by atoms with Crippen LogP contribution in [0.3, 0.4) is 0 Å². The highest BCUT2D eigenvalue weighted by Crippen LogP contribution is 2.33. The van der Waals surface area contributed by atoms with Gasteiger partial charge in [-0.2, -0.15) is 0 Å². The molecular weight excluding hydrogens is 564 g/mol. The van der Waals surface area contributed by atoms with Gasteiger partial charge in [0.15, 0.2) is 12.4 Å². The quantitative estimate of drug-likeness (QED) is 0.180. The lowest BCUT2D eigenvalue weighted by Crippen LogP contribution is -3.00. The molecule has 1 amide bonds. The molecule has 0 saturated heterocycles. The summed E-state index contributed by atoms with van der Waals surface area (Å²) in [5, 5.41) is 6.88. The van der Waals surface area contributed by atoms with E-state index in [0.29, 0.717) is 27.0 Å². The number of carbonyl (C=O) groups excluding carboxylic acids is 2. The number of aromatic nitrogens is 1. The maximum absolute atomic E-state index is 12.3. The Morgan fingerprint density at radius 3 is 2.44 bits per heavy atom. The van der Waals surface area contributed by atoms with Crippen molar-refractivity contribution in [2.24, 2.45) is 7.05 Å². The summed E-state index contributed by atoms with van der Waals surface area (Å²) in [4.78, 5) is 24.4. The monoisotopic (exact) mass is 585 g/mol. The number of hydrogen-bond acceptors (Lipinski definition) is 4. The van der Waals surface area contributed by atoms with Gasteiger partial charge in [-0.25, -0.2) is 4.57 Å². The Balaban J connectivity index is 0.00000363. The van der Waals surface area contributed by atoms with Crippen molar-refractivity contribution in [1.82, 2.24) is 5.32 Å². The van der Waals surface area contributed by atoms with E-state index in [1.165, 1.54) is 0 Å². The first-order valence-electron chi connectivity index (χ1n) is 9.62. The standard InChI is InChI=1S/C23H21Cl2N3O3.HI/c1-28-12-5-7-17(15-28)23(30)26-11-13-31-21(29)14-16-6-2-3-10-20(16)27-22-18(24)8-4-9-19(22)25;/h2-10,12,15,27H,11,13-14H2,1H3;1H. The molecule has 2 aromatic carbocycles. The molecular formula is C23H22Cl2IN3O3. The topological polar surface area (TPSA) is 71.3 Å². The van der Waals surface area contributed by atoms with Crippen molar-refractivity contribution >= 4 is 46.5 Å². The van der Waals surface area contributed by atoms with Gasteiger partial charge in [-0.15, -0.1) is 0 Å². The van der Waals surface area contributed by atoms with Gasteiger partial charge in [0.1, 0.15) is 19.2 Å². The fraction of sp³-hybridized carbons (Fsp3) is 0.174. The predicted octanol–water partition coefficient (Wildman–Crippen LogP) is 1.08. The van der Waals surface area contributed by atoms with E-state index in [4.69, 9.17) is 27.9 Å². The van der Waals surface area contributed by atoms with Crippen LogP contribution in [0.4, 0.5) is 11.4 Å². The van der Waals surface area contributed by atoms with Crippen molar-refractivity contribution in [2.75, 3.05) is 18.5 Å². The van der Waals surface area contributed by atoms with Crippen LogP contribution in [0, 0.1) is 0 Å². The number of carbonyl (C=O) groups is 2. The summed E-state index contributed by atoms with van der Waals surface area (Å²) in [6.07, 6.45) is 3.62. The number of pyridine rings is 1. The van der Waals surface area contributed by atoms with Crippen LogP contribution in [0.1, 0.15) is 15.9 Å². The minimum absolute atomic E-state index is 0. The number of esters is 1. The average molecular weight is 586 g/mol. The largest absolute Gasteiger partial charge is 1.00 e. The Bertz CT molecular complexity index is 1080. The fourth-order valence-electron chi connectivity index (χ4n) is 2.91. The molecule has 32 heavy (non-hydrogen) atoms. The summed E-state index contributed by atoms with van der Waals surface area (Å²) in [6.45, 7) is 0.299. The number of ether oxygens (including phenoxy) is 1. The Morgan fingerprint density at radius 2 is 1.72 bits per heavy atom. The first-order chi connectivity index (χ1) is 14.9. The normalized spacial score (nSPS) is 10.1. The van der Waals surface area contributed by atoms with Gasteiger partial charge in [0.25, 0.3) is 5.91 Å². The van der Waals surface area contributed by atoms with Crippen molar-refractivity contribution in [2.45, 2.75) is 6.42 Å². The molecule has 1 aromatic heterocycles. The third-order valence-corrected chi connectivity index (χ3v) is 5.06. The number of amides is 1. The summed E-state index contributed by atoms with van der Waals surface area (Å²) in [6, 6.07) is 16.1. The SMILES string of the molecule is C[n+]1cccc(C(=O)NCCOC(=O)Cc2ccccc2Nc2c(Cl)cccc2Cl)c1.[I-]. The molecule has 0 spiro atoms. The fourth-order valence-corrected chi connectivity index (χ4v) is 3.40. The van der Waals surface area contributed by atoms with Gasteiger partial charge in [0.2, 0.25) is 0 Å². The molecule has 0 saturated carbocycles. The number of nitrogens with zero attached hydrogens (tertiary/aromatic N) is 1. The molecule has 0 aliphatic carbocycles. The minimum Gasteiger partial charge on any atom is -1.00 e. The van der Waals surface area contributed by atoms with E-state index in [-0.39, 0.29) is 49.5 Å². The minimum atomic E-state index is -0.403. The van der Waals surface area contributed by atoms with E-state index in [1.807, 2.05) is 37.5 Å². The molecule has 2 N–H and O–H groups in total. The van der Waals surface area contributed by atoms with E-state index < -0.39 is 5.97 Å². The third-order valence-electron chi connectivity index (χ3n) is 4.43. The zero-order valence-corrected chi connectivity index (χ0v) is 20.9. The second kappa shape index (κ2) is 12.6. The summed E-state index contributed by atoms with van der Waals surface area (Å²) >= 11 is 12.5. The van der Waals surface area contributed by atoms with Crippen LogP contribution in [0.25, 0.3) is 0 Å². The van der Waals surface area contributed by atoms with E-state index in [9.17, 15) is 9.59 Å². The molecule has 0 unspecified atom stereocenters. The lowest BCUT2D eigenvalue weighted by molar-refractivity contribution is -0.671. The van der Waals surface area contributed by atoms with Crippen molar-refractivity contribution in [3.63, 3.8) is 0 Å². The number of nitrogens with one attached hydrogen (secondary N) is 2. The summed E-state index contributed by atoms with van der Waals surface area (Å²) in [5.74, 6) is -0.627. The number of halogens is 3. The predicted molar refractivity (Wildman–Crippen MR) is 121 cm³/mol. The Morgan fingerprint density at radius 1 is 1.00 bits per heavy atom. The average Bonchev–Trinajstić information content (AvgIpc) is 2.75. The van der Waals surface area contributed by atoms with Crippen molar-refractivity contribution in [3.05, 3.63) is 88.2 Å². The second-order valence-corrected chi connectivity index (χ2v) is 7.60. The van der Waals surface area contributed by atoms with Crippen LogP contribution >= 0.6 is 23.2 Å². The highest BCUT2D eigenvalue weighted by atomic mass is 127. The molecule has 0 radical (unpaired) electrons.